The minimum absolute atomic E-state index is 0.116. The molecule has 0 fully saturated rings. The van der Waals surface area contributed by atoms with Gasteiger partial charge in [0.05, 0.1) is 6.26 Å². The molecule has 2 heterocycles. The van der Waals surface area contributed by atoms with E-state index < -0.39 is 45.8 Å². The van der Waals surface area contributed by atoms with Gasteiger partial charge in [-0.05, 0) is 18.2 Å². The van der Waals surface area contributed by atoms with Crippen LogP contribution in [0.1, 0.15) is 20.7 Å². The summed E-state index contributed by atoms with van der Waals surface area (Å²) in [5, 5.41) is 18.8. The number of fused-ring (bicyclic) bond motifs is 1. The van der Waals surface area contributed by atoms with Crippen LogP contribution in [0.2, 0.25) is 0 Å². The van der Waals surface area contributed by atoms with Gasteiger partial charge in [0.2, 0.25) is 0 Å². The number of nitrogens with one attached hydrogen (secondary N) is 1. The zero-order chi connectivity index (χ0) is 17.6. The fourth-order valence-corrected chi connectivity index (χ4v) is 2.57. The lowest BCUT2D eigenvalue weighted by Crippen LogP contribution is -2.24. The first-order valence-corrected chi connectivity index (χ1v) is 6.51. The smallest absolute Gasteiger partial charge is 0.342 e. The number of rotatable bonds is 3. The molecule has 8 nitrogen and oxygen atoms in total. The largest absolute Gasteiger partial charge is 0.478 e. The van der Waals surface area contributed by atoms with Crippen molar-refractivity contribution in [3.05, 3.63) is 51.8 Å². The molecule has 122 valence electrons. The zero-order valence-electron chi connectivity index (χ0n) is 11.8. The van der Waals surface area contributed by atoms with Crippen LogP contribution in [0, 0.1) is 5.82 Å². The van der Waals surface area contributed by atoms with Gasteiger partial charge in [-0.15, -0.1) is 0 Å². The fourth-order valence-electron chi connectivity index (χ4n) is 2.57. The monoisotopic (exact) mass is 332 g/mol. The lowest BCUT2D eigenvalue weighted by atomic mass is 9.93. The molecule has 2 aromatic heterocycles. The molecular weight excluding hydrogens is 323 g/mol. The minimum Gasteiger partial charge on any atom is -0.478 e. The van der Waals surface area contributed by atoms with Crippen molar-refractivity contribution in [2.24, 2.45) is 0 Å². The van der Waals surface area contributed by atoms with Gasteiger partial charge in [0.15, 0.2) is 0 Å². The predicted molar refractivity (Wildman–Crippen MR) is 80.6 cm³/mol. The third kappa shape index (κ3) is 2.10. The van der Waals surface area contributed by atoms with Crippen LogP contribution in [-0.2, 0) is 0 Å². The second-order valence-electron chi connectivity index (χ2n) is 4.86. The quantitative estimate of drug-likeness (QED) is 0.572. The number of hydrogen-bond donors (Lipinski definition) is 4. The molecule has 0 amide bonds. The number of furan rings is 1. The molecule has 0 spiro atoms. The van der Waals surface area contributed by atoms with E-state index in [2.05, 4.69) is 0 Å². The number of H-pyrrole nitrogens is 1. The van der Waals surface area contributed by atoms with E-state index in [0.717, 1.165) is 6.07 Å². The number of aromatic carboxylic acids is 2. The number of pyridine rings is 1. The van der Waals surface area contributed by atoms with Crippen molar-refractivity contribution in [1.82, 2.24) is 4.98 Å². The number of carboxylic acids is 2. The minimum atomic E-state index is -1.71. The number of aromatic nitrogens is 1. The number of hydrogen-bond acceptors (Lipinski definition) is 5. The van der Waals surface area contributed by atoms with Crippen LogP contribution in [0.3, 0.4) is 0 Å². The third-order valence-electron chi connectivity index (χ3n) is 3.51. The van der Waals surface area contributed by atoms with E-state index in [9.17, 15) is 29.0 Å². The summed E-state index contributed by atoms with van der Waals surface area (Å²) in [5.41, 5.74) is 1.96. The first-order chi connectivity index (χ1) is 11.3. The molecule has 9 heteroatoms. The van der Waals surface area contributed by atoms with Crippen molar-refractivity contribution in [2.45, 2.75) is 0 Å². The summed E-state index contributed by atoms with van der Waals surface area (Å²) in [4.78, 5) is 37.0. The standard InChI is InChI=1S/C15H9FN2O6/c16-6-1-2-7-5(3-4-24-7)8(6)9-10(14(20)21)12(17)18-13(19)11(9)15(22)23/h1-4H,(H,20,21)(H,22,23)(H3,17,18,19). The Labute approximate surface area is 131 Å². The Morgan fingerprint density at radius 1 is 1.08 bits per heavy atom. The van der Waals surface area contributed by atoms with Crippen molar-refractivity contribution in [3.63, 3.8) is 0 Å². The SMILES string of the molecule is Nc1[nH]c(=O)c(C(=O)O)c(-c2c(F)ccc3occc23)c1C(=O)O. The maximum absolute atomic E-state index is 14.5. The average molecular weight is 332 g/mol. The molecule has 0 unspecified atom stereocenters. The summed E-state index contributed by atoms with van der Waals surface area (Å²) >= 11 is 0. The molecule has 0 bridgehead atoms. The predicted octanol–water partition coefficient (Wildman–Crippen LogP) is 1.91. The van der Waals surface area contributed by atoms with Crippen LogP contribution >= 0.6 is 0 Å². The number of aromatic amines is 1. The summed E-state index contributed by atoms with van der Waals surface area (Å²) < 4.78 is 19.6. The third-order valence-corrected chi connectivity index (χ3v) is 3.51. The Hall–Kier alpha value is -3.62. The van der Waals surface area contributed by atoms with Crippen molar-refractivity contribution in [2.75, 3.05) is 5.73 Å². The molecule has 3 rings (SSSR count). The Balaban J connectivity index is 2.61. The molecule has 0 aliphatic carbocycles. The zero-order valence-corrected chi connectivity index (χ0v) is 11.8. The molecule has 3 aromatic rings. The molecule has 0 aliphatic rings. The summed E-state index contributed by atoms with van der Waals surface area (Å²) in [6.07, 6.45) is 1.23. The van der Waals surface area contributed by atoms with Crippen molar-refractivity contribution in [3.8, 4) is 11.1 Å². The van der Waals surface area contributed by atoms with E-state index in [0.29, 0.717) is 0 Å². The number of carbonyl (C=O) groups is 2. The normalized spacial score (nSPS) is 10.9. The van der Waals surface area contributed by atoms with Crippen LogP contribution in [0.5, 0.6) is 0 Å². The molecule has 0 aliphatic heterocycles. The maximum Gasteiger partial charge on any atom is 0.342 e. The van der Waals surface area contributed by atoms with Crippen molar-refractivity contribution >= 4 is 28.7 Å². The molecule has 0 saturated heterocycles. The van der Waals surface area contributed by atoms with Crippen LogP contribution in [0.4, 0.5) is 10.2 Å². The van der Waals surface area contributed by atoms with Gasteiger partial charge >= 0.3 is 11.9 Å². The van der Waals surface area contributed by atoms with E-state index in [-0.39, 0.29) is 16.5 Å². The Morgan fingerprint density at radius 3 is 2.38 bits per heavy atom. The second-order valence-corrected chi connectivity index (χ2v) is 4.86. The number of anilines is 1. The van der Waals surface area contributed by atoms with Gasteiger partial charge in [-0.3, -0.25) is 4.79 Å². The van der Waals surface area contributed by atoms with E-state index in [4.69, 9.17) is 10.2 Å². The van der Waals surface area contributed by atoms with Gasteiger partial charge in [0, 0.05) is 16.5 Å². The maximum atomic E-state index is 14.5. The molecule has 0 atom stereocenters. The van der Waals surface area contributed by atoms with Crippen LogP contribution in [-0.4, -0.2) is 27.1 Å². The van der Waals surface area contributed by atoms with E-state index in [1.165, 1.54) is 18.4 Å². The van der Waals surface area contributed by atoms with Gasteiger partial charge in [-0.25, -0.2) is 14.0 Å². The number of nitrogen functional groups attached to an aromatic ring is 1. The highest BCUT2D eigenvalue weighted by Gasteiger charge is 2.29. The number of nitrogens with two attached hydrogens (primary N) is 1. The van der Waals surface area contributed by atoms with Gasteiger partial charge in [-0.1, -0.05) is 0 Å². The van der Waals surface area contributed by atoms with E-state index in [1.54, 1.807) is 0 Å². The average Bonchev–Trinajstić information content (AvgIpc) is 2.93. The first-order valence-electron chi connectivity index (χ1n) is 6.51. The molecular formula is C15H9FN2O6. The summed E-state index contributed by atoms with van der Waals surface area (Å²) in [7, 11) is 0. The number of halogens is 1. The summed E-state index contributed by atoms with van der Waals surface area (Å²) in [6, 6.07) is 3.61. The van der Waals surface area contributed by atoms with Crippen molar-refractivity contribution < 1.29 is 28.6 Å². The highest BCUT2D eigenvalue weighted by Crippen LogP contribution is 2.36. The molecule has 24 heavy (non-hydrogen) atoms. The fraction of sp³-hybridized carbons (Fsp3) is 0. The Kier molecular flexibility index (Phi) is 3.33. The summed E-state index contributed by atoms with van der Waals surface area (Å²) in [6.45, 7) is 0. The van der Waals surface area contributed by atoms with Gasteiger partial charge in [-0.2, -0.15) is 0 Å². The van der Waals surface area contributed by atoms with E-state index >= 15 is 0 Å². The topological polar surface area (TPSA) is 147 Å². The first kappa shape index (κ1) is 15.3. The Bertz CT molecular complexity index is 1070. The number of carboxylic acid groups (broad SMARTS) is 2. The number of benzene rings is 1. The van der Waals surface area contributed by atoms with Gasteiger partial charge in [0.1, 0.15) is 28.3 Å². The lowest BCUT2D eigenvalue weighted by molar-refractivity contribution is 0.0695. The van der Waals surface area contributed by atoms with Crippen LogP contribution < -0.4 is 11.3 Å². The highest BCUT2D eigenvalue weighted by molar-refractivity contribution is 6.11. The highest BCUT2D eigenvalue weighted by atomic mass is 19.1. The molecule has 5 N–H and O–H groups in total. The summed E-state index contributed by atoms with van der Waals surface area (Å²) in [5.74, 6) is -4.82. The van der Waals surface area contributed by atoms with E-state index in [1.807, 2.05) is 4.98 Å². The van der Waals surface area contributed by atoms with Gasteiger partial charge in [0.25, 0.3) is 5.56 Å². The van der Waals surface area contributed by atoms with Crippen molar-refractivity contribution in [1.29, 1.82) is 0 Å². The lowest BCUT2D eigenvalue weighted by Gasteiger charge is -2.13. The van der Waals surface area contributed by atoms with Gasteiger partial charge < -0.3 is 25.3 Å². The Morgan fingerprint density at radius 2 is 1.75 bits per heavy atom. The van der Waals surface area contributed by atoms with Crippen LogP contribution in [0.25, 0.3) is 22.1 Å². The molecule has 0 saturated carbocycles. The second kappa shape index (κ2) is 5.23. The molecule has 1 aromatic carbocycles. The molecule has 0 radical (unpaired) electrons. The van der Waals surface area contributed by atoms with Crippen LogP contribution in [0.15, 0.2) is 33.7 Å².